The van der Waals surface area contributed by atoms with Gasteiger partial charge in [-0.1, -0.05) is 0 Å². The van der Waals surface area contributed by atoms with Crippen LogP contribution < -0.4 is 15.4 Å². The van der Waals surface area contributed by atoms with Crippen LogP contribution >= 0.6 is 0 Å². The van der Waals surface area contributed by atoms with Crippen LogP contribution in [0.3, 0.4) is 0 Å². The van der Waals surface area contributed by atoms with Gasteiger partial charge < -0.3 is 20.4 Å². The van der Waals surface area contributed by atoms with E-state index in [1.165, 1.54) is 26.2 Å². The number of methoxy groups -OCH3 is 1. The van der Waals surface area contributed by atoms with Crippen LogP contribution in [0.25, 0.3) is 10.9 Å². The van der Waals surface area contributed by atoms with Crippen LogP contribution in [0.1, 0.15) is 17.4 Å². The predicted molar refractivity (Wildman–Crippen MR) is 93.5 cm³/mol. The number of carbonyl (C=O) groups is 2. The Kier molecular flexibility index (Phi) is 4.38. The van der Waals surface area contributed by atoms with Crippen LogP contribution in [0.4, 0.5) is 15.8 Å². The van der Waals surface area contributed by atoms with Crippen LogP contribution in [0.5, 0.6) is 5.75 Å². The van der Waals surface area contributed by atoms with Crippen molar-refractivity contribution in [2.75, 3.05) is 17.7 Å². The second kappa shape index (κ2) is 6.64. The highest BCUT2D eigenvalue weighted by Gasteiger charge is 2.12. The largest absolute Gasteiger partial charge is 0.495 e. The Morgan fingerprint density at radius 3 is 2.60 bits per heavy atom. The summed E-state index contributed by atoms with van der Waals surface area (Å²) in [5.74, 6) is -0.516. The van der Waals surface area contributed by atoms with E-state index in [1.54, 1.807) is 30.3 Å². The highest BCUT2D eigenvalue weighted by Crippen LogP contribution is 2.28. The smallest absolute Gasteiger partial charge is 0.272 e. The minimum absolute atomic E-state index is 0.251. The zero-order valence-electron chi connectivity index (χ0n) is 13.6. The maximum absolute atomic E-state index is 13.3. The van der Waals surface area contributed by atoms with Crippen molar-refractivity contribution < 1.29 is 18.7 Å². The molecule has 3 rings (SSSR count). The number of hydrogen-bond donors (Lipinski definition) is 3. The van der Waals surface area contributed by atoms with Crippen LogP contribution in [0, 0.1) is 5.82 Å². The van der Waals surface area contributed by atoms with Gasteiger partial charge in [-0.3, -0.25) is 9.59 Å². The molecular weight excluding hydrogens is 325 g/mol. The number of H-pyrrole nitrogens is 1. The van der Waals surface area contributed by atoms with E-state index in [1.807, 2.05) is 0 Å². The number of rotatable bonds is 4. The molecular formula is C18H16FN3O3. The molecule has 0 unspecified atom stereocenters. The number of benzene rings is 2. The quantitative estimate of drug-likeness (QED) is 0.679. The minimum atomic E-state index is -0.379. The Morgan fingerprint density at radius 2 is 1.88 bits per heavy atom. The van der Waals surface area contributed by atoms with Gasteiger partial charge in [0.1, 0.15) is 17.3 Å². The fourth-order valence-corrected chi connectivity index (χ4v) is 2.50. The van der Waals surface area contributed by atoms with E-state index in [-0.39, 0.29) is 17.6 Å². The van der Waals surface area contributed by atoms with Crippen molar-refractivity contribution >= 4 is 34.1 Å². The van der Waals surface area contributed by atoms with Crippen molar-refractivity contribution in [2.45, 2.75) is 6.92 Å². The fourth-order valence-electron chi connectivity index (χ4n) is 2.50. The van der Waals surface area contributed by atoms with Crippen LogP contribution in [-0.2, 0) is 4.79 Å². The van der Waals surface area contributed by atoms with Crippen LogP contribution in [0.15, 0.2) is 42.5 Å². The second-order valence-corrected chi connectivity index (χ2v) is 5.46. The van der Waals surface area contributed by atoms with Crippen LogP contribution in [-0.4, -0.2) is 23.9 Å². The highest BCUT2D eigenvalue weighted by molar-refractivity contribution is 6.06. The first-order valence-electron chi connectivity index (χ1n) is 7.51. The Labute approximate surface area is 143 Å². The summed E-state index contributed by atoms with van der Waals surface area (Å²) in [6.45, 7) is 1.38. The summed E-state index contributed by atoms with van der Waals surface area (Å²) in [6, 6.07) is 10.7. The molecule has 0 atom stereocenters. The third-order valence-corrected chi connectivity index (χ3v) is 3.60. The molecule has 25 heavy (non-hydrogen) atoms. The summed E-state index contributed by atoms with van der Waals surface area (Å²) in [6.07, 6.45) is 0. The first-order valence-corrected chi connectivity index (χ1v) is 7.51. The summed E-state index contributed by atoms with van der Waals surface area (Å²) >= 11 is 0. The average Bonchev–Trinajstić information content (AvgIpc) is 2.98. The molecule has 128 valence electrons. The molecule has 2 amide bonds. The summed E-state index contributed by atoms with van der Waals surface area (Å²) in [5.41, 5.74) is 1.91. The third-order valence-electron chi connectivity index (χ3n) is 3.60. The van der Waals surface area contributed by atoms with Gasteiger partial charge in [-0.25, -0.2) is 4.39 Å². The first-order chi connectivity index (χ1) is 12.0. The molecule has 0 aliphatic carbocycles. The summed E-state index contributed by atoms with van der Waals surface area (Å²) in [5, 5.41) is 5.98. The third kappa shape index (κ3) is 3.60. The molecule has 0 spiro atoms. The monoisotopic (exact) mass is 341 g/mol. The fraction of sp³-hybridized carbons (Fsp3) is 0.111. The van der Waals surface area contributed by atoms with Gasteiger partial charge in [0.05, 0.1) is 12.8 Å². The van der Waals surface area contributed by atoms with Gasteiger partial charge in [-0.05, 0) is 42.5 Å². The molecule has 0 bridgehead atoms. The molecule has 0 fully saturated rings. The molecule has 3 aromatic rings. The summed E-state index contributed by atoms with van der Waals surface area (Å²) in [7, 11) is 1.49. The van der Waals surface area contributed by atoms with Gasteiger partial charge in [0.25, 0.3) is 5.91 Å². The number of ether oxygens (including phenoxy) is 1. The van der Waals surface area contributed by atoms with Gasteiger partial charge in [-0.15, -0.1) is 0 Å². The van der Waals surface area contributed by atoms with E-state index in [4.69, 9.17) is 4.74 Å². The van der Waals surface area contributed by atoms with Crippen molar-refractivity contribution in [1.82, 2.24) is 4.98 Å². The number of hydrogen-bond acceptors (Lipinski definition) is 3. The van der Waals surface area contributed by atoms with Crippen molar-refractivity contribution in [2.24, 2.45) is 0 Å². The van der Waals surface area contributed by atoms with Crippen LogP contribution in [0.2, 0.25) is 0 Å². The lowest BCUT2D eigenvalue weighted by molar-refractivity contribution is -0.114. The van der Waals surface area contributed by atoms with Crippen molar-refractivity contribution in [1.29, 1.82) is 0 Å². The standard InChI is InChI=1S/C18H16FN3O3/c1-10(23)20-15-9-13(4-6-17(15)25-2)21-18(24)16-8-11-7-12(19)3-5-14(11)22-16/h3-9,22H,1-2H3,(H,20,23)(H,21,24). The number of aromatic amines is 1. The minimum Gasteiger partial charge on any atom is -0.495 e. The molecule has 2 aromatic carbocycles. The first kappa shape index (κ1) is 16.5. The molecule has 6 nitrogen and oxygen atoms in total. The Bertz CT molecular complexity index is 965. The zero-order valence-corrected chi connectivity index (χ0v) is 13.6. The van der Waals surface area contributed by atoms with Gasteiger partial charge >= 0.3 is 0 Å². The van der Waals surface area contributed by atoms with E-state index in [0.29, 0.717) is 33.7 Å². The lowest BCUT2D eigenvalue weighted by atomic mass is 10.2. The van der Waals surface area contributed by atoms with E-state index in [9.17, 15) is 14.0 Å². The van der Waals surface area contributed by atoms with Crippen molar-refractivity contribution in [3.05, 3.63) is 54.0 Å². The number of fused-ring (bicyclic) bond motifs is 1. The lowest BCUT2D eigenvalue weighted by Crippen LogP contribution is -2.13. The van der Waals surface area contributed by atoms with E-state index in [0.717, 1.165) is 0 Å². The average molecular weight is 341 g/mol. The number of halogens is 1. The highest BCUT2D eigenvalue weighted by atomic mass is 19.1. The molecule has 1 heterocycles. The summed E-state index contributed by atoms with van der Waals surface area (Å²) in [4.78, 5) is 26.6. The second-order valence-electron chi connectivity index (χ2n) is 5.46. The normalized spacial score (nSPS) is 10.5. The van der Waals surface area contributed by atoms with E-state index >= 15 is 0 Å². The molecule has 3 N–H and O–H groups in total. The maximum atomic E-state index is 13.3. The van der Waals surface area contributed by atoms with E-state index < -0.39 is 0 Å². The molecule has 0 saturated heterocycles. The number of nitrogens with one attached hydrogen (secondary N) is 3. The van der Waals surface area contributed by atoms with Gasteiger partial charge in [0, 0.05) is 23.5 Å². The topological polar surface area (TPSA) is 83.2 Å². The zero-order chi connectivity index (χ0) is 18.0. The summed E-state index contributed by atoms with van der Waals surface area (Å²) < 4.78 is 18.4. The number of carbonyl (C=O) groups excluding carboxylic acids is 2. The molecule has 0 aliphatic rings. The Hall–Kier alpha value is -3.35. The van der Waals surface area contributed by atoms with Crippen molar-refractivity contribution in [3.8, 4) is 5.75 Å². The molecule has 0 saturated carbocycles. The molecule has 0 aliphatic heterocycles. The van der Waals surface area contributed by atoms with Gasteiger partial charge in [0.2, 0.25) is 5.91 Å². The Balaban J connectivity index is 1.85. The lowest BCUT2D eigenvalue weighted by Gasteiger charge is -2.11. The van der Waals surface area contributed by atoms with Gasteiger partial charge in [-0.2, -0.15) is 0 Å². The number of amides is 2. The number of anilines is 2. The predicted octanol–water partition coefficient (Wildman–Crippen LogP) is 3.53. The van der Waals surface area contributed by atoms with Gasteiger partial charge in [0.15, 0.2) is 0 Å². The van der Waals surface area contributed by atoms with E-state index in [2.05, 4.69) is 15.6 Å². The maximum Gasteiger partial charge on any atom is 0.272 e. The number of aromatic nitrogens is 1. The SMILES string of the molecule is COc1ccc(NC(=O)c2cc3cc(F)ccc3[nH]2)cc1NC(C)=O. The molecule has 0 radical (unpaired) electrons. The Morgan fingerprint density at radius 1 is 1.08 bits per heavy atom. The van der Waals surface area contributed by atoms with Crippen molar-refractivity contribution in [3.63, 3.8) is 0 Å². The molecule has 1 aromatic heterocycles. The molecule has 7 heteroatoms.